The summed E-state index contributed by atoms with van der Waals surface area (Å²) < 4.78 is 0.599. The summed E-state index contributed by atoms with van der Waals surface area (Å²) in [6.07, 6.45) is 1.58. The molecule has 0 aliphatic carbocycles. The minimum Gasteiger partial charge on any atom is -0.397 e. The van der Waals surface area contributed by atoms with Gasteiger partial charge in [0.1, 0.15) is 4.64 Å². The van der Waals surface area contributed by atoms with Crippen molar-refractivity contribution in [2.75, 3.05) is 11.5 Å². The van der Waals surface area contributed by atoms with Crippen molar-refractivity contribution in [3.63, 3.8) is 0 Å². The van der Waals surface area contributed by atoms with Crippen molar-refractivity contribution in [1.82, 2.24) is 4.98 Å². The minimum absolute atomic E-state index is 0.527. The van der Waals surface area contributed by atoms with Crippen molar-refractivity contribution in [2.24, 2.45) is 0 Å². The predicted octanol–water partition coefficient (Wildman–Crippen LogP) is 0.909. The van der Waals surface area contributed by atoms with E-state index in [1.165, 1.54) is 0 Å². The van der Waals surface area contributed by atoms with E-state index in [-0.39, 0.29) is 0 Å². The quantitative estimate of drug-likeness (QED) is 0.470. The molecule has 5 N–H and O–H groups in total. The largest absolute Gasteiger partial charge is 0.397 e. The number of nitrogens with two attached hydrogens (primary N) is 2. The standard InChI is InChI=1S/C5H7N3S/c6-3-1-5(9)8-2-4(3)7/h1-2H,7H2,(H3,6,8,9). The van der Waals surface area contributed by atoms with Crippen molar-refractivity contribution in [3.05, 3.63) is 16.9 Å². The molecule has 0 amide bonds. The fourth-order valence-corrected chi connectivity index (χ4v) is 0.684. The normalized spacial score (nSPS) is 9.33. The second-order valence-corrected chi connectivity index (χ2v) is 2.15. The van der Waals surface area contributed by atoms with Gasteiger partial charge in [0.25, 0.3) is 0 Å². The van der Waals surface area contributed by atoms with Crippen LogP contribution in [0.15, 0.2) is 12.3 Å². The second kappa shape index (κ2) is 2.06. The van der Waals surface area contributed by atoms with Gasteiger partial charge in [0.15, 0.2) is 0 Å². The topological polar surface area (TPSA) is 67.8 Å². The molecule has 1 aromatic heterocycles. The Balaban J connectivity index is 3.34. The molecule has 0 aliphatic heterocycles. The summed E-state index contributed by atoms with van der Waals surface area (Å²) in [6.45, 7) is 0. The van der Waals surface area contributed by atoms with Gasteiger partial charge in [-0.3, -0.25) is 0 Å². The minimum atomic E-state index is 0.527. The first-order chi connectivity index (χ1) is 4.20. The van der Waals surface area contributed by atoms with Gasteiger partial charge in [0.2, 0.25) is 0 Å². The van der Waals surface area contributed by atoms with Crippen LogP contribution < -0.4 is 11.5 Å². The maximum absolute atomic E-state index is 5.41. The Labute approximate surface area is 57.7 Å². The third kappa shape index (κ3) is 1.20. The average molecular weight is 141 g/mol. The number of hydrogen-bond acceptors (Lipinski definition) is 3. The van der Waals surface area contributed by atoms with Crippen molar-refractivity contribution >= 4 is 23.6 Å². The zero-order chi connectivity index (χ0) is 6.85. The summed E-state index contributed by atoms with van der Waals surface area (Å²) in [5.74, 6) is 0. The number of anilines is 2. The maximum Gasteiger partial charge on any atom is 0.105 e. The highest BCUT2D eigenvalue weighted by Gasteiger charge is 1.88. The molecule has 48 valence electrons. The van der Waals surface area contributed by atoms with E-state index in [0.717, 1.165) is 0 Å². The maximum atomic E-state index is 5.41. The van der Waals surface area contributed by atoms with Crippen LogP contribution in [-0.2, 0) is 0 Å². The van der Waals surface area contributed by atoms with Gasteiger partial charge in [0.05, 0.1) is 11.4 Å². The van der Waals surface area contributed by atoms with E-state index in [2.05, 4.69) is 4.98 Å². The molecule has 9 heavy (non-hydrogen) atoms. The summed E-state index contributed by atoms with van der Waals surface area (Å²) in [6, 6.07) is 1.62. The van der Waals surface area contributed by atoms with E-state index in [4.69, 9.17) is 23.7 Å². The lowest BCUT2D eigenvalue weighted by molar-refractivity contribution is 1.30. The molecule has 0 atom stereocenters. The van der Waals surface area contributed by atoms with Crippen molar-refractivity contribution in [2.45, 2.75) is 0 Å². The Morgan fingerprint density at radius 2 is 2.00 bits per heavy atom. The lowest BCUT2D eigenvalue weighted by Crippen LogP contribution is -1.94. The first-order valence-corrected chi connectivity index (χ1v) is 2.84. The van der Waals surface area contributed by atoms with Gasteiger partial charge in [0, 0.05) is 6.20 Å². The summed E-state index contributed by atoms with van der Waals surface area (Å²) in [4.78, 5) is 2.75. The third-order valence-corrected chi connectivity index (χ3v) is 1.23. The molecule has 3 nitrogen and oxygen atoms in total. The number of H-pyrrole nitrogens is 1. The average Bonchev–Trinajstić information content (AvgIpc) is 1.80. The van der Waals surface area contributed by atoms with E-state index >= 15 is 0 Å². The zero-order valence-electron chi connectivity index (χ0n) is 4.72. The number of aromatic amines is 1. The van der Waals surface area contributed by atoms with Gasteiger partial charge in [-0.1, -0.05) is 12.2 Å². The SMILES string of the molecule is Nc1c[nH]c(=S)cc1N. The Bertz CT molecular complexity index is 265. The fourth-order valence-electron chi connectivity index (χ4n) is 0.498. The number of hydrogen-bond donors (Lipinski definition) is 3. The van der Waals surface area contributed by atoms with Crippen LogP contribution in [0.2, 0.25) is 0 Å². The van der Waals surface area contributed by atoms with Crippen LogP contribution in [0.25, 0.3) is 0 Å². The van der Waals surface area contributed by atoms with Crippen LogP contribution >= 0.6 is 12.2 Å². The molecule has 4 heteroatoms. The van der Waals surface area contributed by atoms with E-state index in [1.54, 1.807) is 12.3 Å². The highest BCUT2D eigenvalue weighted by Crippen LogP contribution is 2.09. The number of nitrogens with one attached hydrogen (secondary N) is 1. The predicted molar refractivity (Wildman–Crippen MR) is 40.5 cm³/mol. The van der Waals surface area contributed by atoms with Crippen molar-refractivity contribution < 1.29 is 0 Å². The molecular weight excluding hydrogens is 134 g/mol. The molecule has 0 spiro atoms. The highest BCUT2D eigenvalue weighted by molar-refractivity contribution is 7.71. The van der Waals surface area contributed by atoms with Gasteiger partial charge in [-0.2, -0.15) is 0 Å². The number of aromatic nitrogens is 1. The zero-order valence-corrected chi connectivity index (χ0v) is 5.53. The van der Waals surface area contributed by atoms with Gasteiger partial charge >= 0.3 is 0 Å². The number of rotatable bonds is 0. The molecule has 0 fully saturated rings. The van der Waals surface area contributed by atoms with Crippen LogP contribution in [0, 0.1) is 4.64 Å². The first-order valence-electron chi connectivity index (χ1n) is 2.44. The lowest BCUT2D eigenvalue weighted by atomic mass is 10.4. The van der Waals surface area contributed by atoms with E-state index < -0.39 is 0 Å². The Hall–Kier alpha value is -1.03. The van der Waals surface area contributed by atoms with E-state index in [1.807, 2.05) is 0 Å². The van der Waals surface area contributed by atoms with E-state index in [0.29, 0.717) is 16.0 Å². The van der Waals surface area contributed by atoms with Crippen molar-refractivity contribution in [3.8, 4) is 0 Å². The third-order valence-electron chi connectivity index (χ3n) is 0.990. The van der Waals surface area contributed by atoms with Crippen LogP contribution in [-0.4, -0.2) is 4.98 Å². The Kier molecular flexibility index (Phi) is 1.40. The molecule has 1 aromatic rings. The van der Waals surface area contributed by atoms with Gasteiger partial charge in [-0.15, -0.1) is 0 Å². The molecule has 0 aliphatic rings. The summed E-state index contributed by atoms with van der Waals surface area (Å²) >= 11 is 4.77. The molecule has 1 heterocycles. The first kappa shape index (κ1) is 6.10. The molecule has 0 radical (unpaired) electrons. The molecule has 1 rings (SSSR count). The molecule has 0 aromatic carbocycles. The number of nitrogen functional groups attached to an aromatic ring is 2. The van der Waals surface area contributed by atoms with Crippen LogP contribution in [0.4, 0.5) is 11.4 Å². The second-order valence-electron chi connectivity index (χ2n) is 1.71. The summed E-state index contributed by atoms with van der Waals surface area (Å²) in [5, 5.41) is 0. The fraction of sp³-hybridized carbons (Fsp3) is 0. The number of pyridine rings is 1. The summed E-state index contributed by atoms with van der Waals surface area (Å²) in [5.41, 5.74) is 11.9. The molecule has 0 saturated heterocycles. The van der Waals surface area contributed by atoms with Crippen LogP contribution in [0.5, 0.6) is 0 Å². The molecule has 0 unspecified atom stereocenters. The monoisotopic (exact) mass is 141 g/mol. The van der Waals surface area contributed by atoms with E-state index in [9.17, 15) is 0 Å². The molecule has 0 bridgehead atoms. The summed E-state index contributed by atoms with van der Waals surface area (Å²) in [7, 11) is 0. The lowest BCUT2D eigenvalue weighted by Gasteiger charge is -1.95. The van der Waals surface area contributed by atoms with Crippen molar-refractivity contribution in [1.29, 1.82) is 0 Å². The van der Waals surface area contributed by atoms with Gasteiger partial charge in [-0.05, 0) is 6.07 Å². The molecular formula is C5H7N3S. The van der Waals surface area contributed by atoms with Gasteiger partial charge < -0.3 is 16.5 Å². The Morgan fingerprint density at radius 3 is 2.44 bits per heavy atom. The van der Waals surface area contributed by atoms with Crippen LogP contribution in [0.1, 0.15) is 0 Å². The van der Waals surface area contributed by atoms with Gasteiger partial charge in [-0.25, -0.2) is 0 Å². The highest BCUT2D eigenvalue weighted by atomic mass is 32.1. The van der Waals surface area contributed by atoms with Crippen LogP contribution in [0.3, 0.4) is 0 Å². The molecule has 0 saturated carbocycles. The Morgan fingerprint density at radius 1 is 1.33 bits per heavy atom. The smallest absolute Gasteiger partial charge is 0.105 e.